The first kappa shape index (κ1) is 16.4. The van der Waals surface area contributed by atoms with Crippen molar-refractivity contribution in [3.8, 4) is 0 Å². The molecule has 0 spiro atoms. The van der Waals surface area contributed by atoms with Gasteiger partial charge in [-0.05, 0) is 42.2 Å². The van der Waals surface area contributed by atoms with Crippen LogP contribution in [-0.4, -0.2) is 10.8 Å². The number of hydrogen-bond acceptors (Lipinski definition) is 2. The second-order valence-corrected chi connectivity index (χ2v) is 5.90. The normalized spacial score (nSPS) is 12.8. The van der Waals surface area contributed by atoms with E-state index in [1.54, 1.807) is 0 Å². The van der Waals surface area contributed by atoms with E-state index in [0.717, 1.165) is 16.3 Å². The molecule has 0 aromatic heterocycles. The molecule has 3 heteroatoms. The molecular weight excluding hydrogens is 270 g/mol. The van der Waals surface area contributed by atoms with Gasteiger partial charge in [0.25, 0.3) is 0 Å². The van der Waals surface area contributed by atoms with Crippen molar-refractivity contribution < 1.29 is 0 Å². The van der Waals surface area contributed by atoms with Crippen LogP contribution in [0.4, 0.5) is 5.69 Å². The number of thiol groups is 1. The second kappa shape index (κ2) is 10.2. The molecule has 19 heavy (non-hydrogen) atoms. The number of unbranched alkanes of at least 4 members (excludes halogenated alkanes) is 3. The molecule has 0 fully saturated rings. The highest BCUT2D eigenvalue weighted by Gasteiger charge is 1.97. The molecule has 0 radical (unpaired) electrons. The predicted molar refractivity (Wildman–Crippen MR) is 92.9 cm³/mol. The highest BCUT2D eigenvalue weighted by molar-refractivity contribution is 8.02. The van der Waals surface area contributed by atoms with Gasteiger partial charge < -0.3 is 0 Å². The summed E-state index contributed by atoms with van der Waals surface area (Å²) in [7, 11) is 0. The lowest BCUT2D eigenvalue weighted by Gasteiger charge is -2.01. The van der Waals surface area contributed by atoms with Gasteiger partial charge in [0.15, 0.2) is 0 Å². The molecule has 0 amide bonds. The van der Waals surface area contributed by atoms with Crippen molar-refractivity contribution in [2.24, 2.45) is 4.99 Å². The van der Waals surface area contributed by atoms with Gasteiger partial charge in [-0.2, -0.15) is 0 Å². The standard InChI is InChI=1S/C16H23NS2/c1-3-4-5-9-12-19-13-14(2)16(18)17-15-10-7-6-8-11-15/h6-8,10-11,13H,3-5,9,12H2,1-2H3,(H,17,18)/b14-13+. The van der Waals surface area contributed by atoms with E-state index < -0.39 is 0 Å². The third kappa shape index (κ3) is 7.48. The van der Waals surface area contributed by atoms with Crippen molar-refractivity contribution in [3.63, 3.8) is 0 Å². The first-order chi connectivity index (χ1) is 9.24. The smallest absolute Gasteiger partial charge is 0.0970 e. The maximum absolute atomic E-state index is 4.49. The van der Waals surface area contributed by atoms with E-state index in [1.807, 2.05) is 42.1 Å². The highest BCUT2D eigenvalue weighted by Crippen LogP contribution is 2.17. The topological polar surface area (TPSA) is 12.4 Å². The van der Waals surface area contributed by atoms with E-state index >= 15 is 0 Å². The van der Waals surface area contributed by atoms with E-state index in [4.69, 9.17) is 0 Å². The molecule has 1 aromatic rings. The summed E-state index contributed by atoms with van der Waals surface area (Å²) >= 11 is 6.32. The summed E-state index contributed by atoms with van der Waals surface area (Å²) in [5, 5.41) is 2.97. The van der Waals surface area contributed by atoms with Crippen molar-refractivity contribution >= 4 is 35.1 Å². The van der Waals surface area contributed by atoms with E-state index in [1.165, 1.54) is 31.4 Å². The molecule has 0 atom stereocenters. The molecule has 0 saturated heterocycles. The molecule has 0 aliphatic carbocycles. The summed E-state index contributed by atoms with van der Waals surface area (Å²) in [5.41, 5.74) is 2.08. The van der Waals surface area contributed by atoms with Crippen molar-refractivity contribution in [1.29, 1.82) is 0 Å². The van der Waals surface area contributed by atoms with Crippen LogP contribution in [0.1, 0.15) is 39.5 Å². The monoisotopic (exact) mass is 293 g/mol. The van der Waals surface area contributed by atoms with Gasteiger partial charge in [0.05, 0.1) is 10.7 Å². The van der Waals surface area contributed by atoms with Gasteiger partial charge in [0, 0.05) is 0 Å². The Balaban J connectivity index is 2.39. The zero-order chi connectivity index (χ0) is 13.9. The maximum Gasteiger partial charge on any atom is 0.0970 e. The number of rotatable bonds is 8. The summed E-state index contributed by atoms with van der Waals surface area (Å²) in [4.78, 5) is 4.49. The average molecular weight is 294 g/mol. The van der Waals surface area contributed by atoms with E-state index in [9.17, 15) is 0 Å². The lowest BCUT2D eigenvalue weighted by molar-refractivity contribution is 0.707. The molecule has 0 heterocycles. The fourth-order valence-electron chi connectivity index (χ4n) is 1.56. The van der Waals surface area contributed by atoms with E-state index in [0.29, 0.717) is 0 Å². The molecule has 0 bridgehead atoms. The van der Waals surface area contributed by atoms with Crippen molar-refractivity contribution in [2.75, 3.05) is 5.75 Å². The van der Waals surface area contributed by atoms with Crippen LogP contribution in [0, 0.1) is 0 Å². The molecule has 1 nitrogen and oxygen atoms in total. The zero-order valence-electron chi connectivity index (χ0n) is 11.8. The number of nitrogens with zero attached hydrogens (tertiary/aromatic N) is 1. The molecule has 104 valence electrons. The molecule has 1 rings (SSSR count). The fraction of sp³-hybridized carbons (Fsp3) is 0.438. The van der Waals surface area contributed by atoms with Gasteiger partial charge in [0.2, 0.25) is 0 Å². The van der Waals surface area contributed by atoms with Crippen molar-refractivity contribution in [3.05, 3.63) is 41.3 Å². The summed E-state index contributed by atoms with van der Waals surface area (Å²) < 4.78 is 0. The van der Waals surface area contributed by atoms with Crippen LogP contribution in [0.15, 0.2) is 46.3 Å². The van der Waals surface area contributed by atoms with Gasteiger partial charge >= 0.3 is 0 Å². The fourth-order valence-corrected chi connectivity index (χ4v) is 2.68. The Labute approximate surface area is 127 Å². The predicted octanol–water partition coefficient (Wildman–Crippen LogP) is 5.86. The lowest BCUT2D eigenvalue weighted by Crippen LogP contribution is -1.88. The number of thioether (sulfide) groups is 1. The number of para-hydroxylation sites is 1. The Morgan fingerprint density at radius 2 is 1.95 bits per heavy atom. The van der Waals surface area contributed by atoms with Crippen LogP contribution in [0.5, 0.6) is 0 Å². The van der Waals surface area contributed by atoms with E-state index in [2.05, 4.69) is 36.9 Å². The number of hydrogen-bond donors (Lipinski definition) is 1. The van der Waals surface area contributed by atoms with Crippen LogP contribution in [0.25, 0.3) is 0 Å². The Bertz CT molecular complexity index is 410. The maximum atomic E-state index is 4.49. The van der Waals surface area contributed by atoms with Crippen LogP contribution < -0.4 is 0 Å². The highest BCUT2D eigenvalue weighted by atomic mass is 32.2. The van der Waals surface area contributed by atoms with Crippen LogP contribution in [0.3, 0.4) is 0 Å². The molecule has 0 aliphatic heterocycles. The summed E-state index contributed by atoms with van der Waals surface area (Å²) in [6.07, 6.45) is 5.27. The summed E-state index contributed by atoms with van der Waals surface area (Å²) in [6, 6.07) is 9.94. The van der Waals surface area contributed by atoms with Gasteiger partial charge in [-0.1, -0.05) is 44.4 Å². The molecule has 0 unspecified atom stereocenters. The Morgan fingerprint density at radius 3 is 2.63 bits per heavy atom. The molecule has 1 aromatic carbocycles. The third-order valence-corrected chi connectivity index (χ3v) is 4.22. The molecular formula is C16H23NS2. The average Bonchev–Trinajstić information content (AvgIpc) is 2.43. The Morgan fingerprint density at radius 1 is 1.21 bits per heavy atom. The minimum absolute atomic E-state index is 0.798. The number of benzene rings is 1. The summed E-state index contributed by atoms with van der Waals surface area (Å²) in [6.45, 7) is 4.30. The van der Waals surface area contributed by atoms with Gasteiger partial charge in [-0.3, -0.25) is 0 Å². The van der Waals surface area contributed by atoms with Crippen LogP contribution >= 0.6 is 24.4 Å². The van der Waals surface area contributed by atoms with Crippen molar-refractivity contribution in [1.82, 2.24) is 0 Å². The van der Waals surface area contributed by atoms with Gasteiger partial charge in [0.1, 0.15) is 0 Å². The van der Waals surface area contributed by atoms with E-state index in [-0.39, 0.29) is 0 Å². The second-order valence-electron chi connectivity index (χ2n) is 4.50. The number of aliphatic imine (C=N–C) groups is 1. The largest absolute Gasteiger partial charge is 0.242 e. The SMILES string of the molecule is CCCCCCS/C=C(C)/C(S)=N/c1ccccc1. The lowest BCUT2D eigenvalue weighted by atomic mass is 10.2. The van der Waals surface area contributed by atoms with Crippen molar-refractivity contribution in [2.45, 2.75) is 39.5 Å². The minimum Gasteiger partial charge on any atom is -0.242 e. The molecule has 0 saturated carbocycles. The van der Waals surface area contributed by atoms with Gasteiger partial charge in [-0.15, -0.1) is 24.4 Å². The minimum atomic E-state index is 0.798. The first-order valence-electron chi connectivity index (χ1n) is 6.85. The Kier molecular flexibility index (Phi) is 8.76. The third-order valence-electron chi connectivity index (χ3n) is 2.72. The van der Waals surface area contributed by atoms with Crippen LogP contribution in [-0.2, 0) is 0 Å². The van der Waals surface area contributed by atoms with Gasteiger partial charge in [-0.25, -0.2) is 4.99 Å². The zero-order valence-corrected chi connectivity index (χ0v) is 13.5. The first-order valence-corrected chi connectivity index (χ1v) is 8.35. The molecule has 0 aliphatic rings. The summed E-state index contributed by atoms with van der Waals surface area (Å²) in [5.74, 6) is 1.18. The molecule has 0 N–H and O–H groups in total. The van der Waals surface area contributed by atoms with Crippen LogP contribution in [0.2, 0.25) is 0 Å². The quantitative estimate of drug-likeness (QED) is 0.274. The Hall–Kier alpha value is -0.670.